The summed E-state index contributed by atoms with van der Waals surface area (Å²) in [6.07, 6.45) is 1.47. The van der Waals surface area contributed by atoms with Crippen molar-refractivity contribution in [2.45, 2.75) is 6.04 Å². The van der Waals surface area contributed by atoms with Crippen LogP contribution >= 0.6 is 0 Å². The second-order valence-electron chi connectivity index (χ2n) is 5.69. The lowest BCUT2D eigenvalue weighted by Crippen LogP contribution is -2.23. The summed E-state index contributed by atoms with van der Waals surface area (Å²) in [6, 6.07) is 12.9. The van der Waals surface area contributed by atoms with Gasteiger partial charge in [0.15, 0.2) is 5.82 Å². The number of rotatable bonds is 3. The zero-order chi connectivity index (χ0) is 16.7. The molecule has 3 N–H and O–H groups in total. The van der Waals surface area contributed by atoms with Crippen molar-refractivity contribution in [1.29, 1.82) is 0 Å². The maximum atomic E-state index is 11.3. The summed E-state index contributed by atoms with van der Waals surface area (Å²) in [5, 5.41) is 18.0. The summed E-state index contributed by atoms with van der Waals surface area (Å²) in [5.74, 6) is -0.230. The third-order valence-electron chi connectivity index (χ3n) is 4.17. The van der Waals surface area contributed by atoms with E-state index in [1.165, 1.54) is 6.33 Å². The number of benzene rings is 2. The Morgan fingerprint density at radius 2 is 2.12 bits per heavy atom. The predicted octanol–water partition coefficient (Wildman–Crippen LogP) is 2.53. The summed E-state index contributed by atoms with van der Waals surface area (Å²) in [5.41, 5.74) is 7.49. The van der Waals surface area contributed by atoms with Crippen LogP contribution in [0, 0.1) is 0 Å². The van der Waals surface area contributed by atoms with Gasteiger partial charge < -0.3 is 10.5 Å². The summed E-state index contributed by atoms with van der Waals surface area (Å²) >= 11 is 0. The van der Waals surface area contributed by atoms with E-state index < -0.39 is 5.97 Å². The Labute approximate surface area is 137 Å². The molecule has 24 heavy (non-hydrogen) atoms. The number of H-pyrrole nitrogens is 1. The number of hydrogen-bond donors (Lipinski definition) is 3. The minimum atomic E-state index is -0.930. The first-order valence-electron chi connectivity index (χ1n) is 7.46. The van der Waals surface area contributed by atoms with Crippen molar-refractivity contribution in [2.24, 2.45) is 0 Å². The Morgan fingerprint density at radius 1 is 1.25 bits per heavy atom. The second kappa shape index (κ2) is 5.47. The molecule has 1 aromatic heterocycles. The van der Waals surface area contributed by atoms with Gasteiger partial charge in [-0.05, 0) is 35.9 Å². The molecule has 0 amide bonds. The molecule has 120 valence electrons. The van der Waals surface area contributed by atoms with Crippen LogP contribution < -0.4 is 5.43 Å². The third kappa shape index (κ3) is 2.31. The average Bonchev–Trinajstić information content (AvgIpc) is 3.21. The van der Waals surface area contributed by atoms with E-state index in [-0.39, 0.29) is 11.6 Å². The number of aromatic carboxylic acids is 1. The van der Waals surface area contributed by atoms with Gasteiger partial charge in [-0.2, -0.15) is 5.10 Å². The molecular weight excluding hydrogens is 306 g/mol. The molecule has 0 saturated carbocycles. The van der Waals surface area contributed by atoms with Gasteiger partial charge in [0.1, 0.15) is 6.33 Å². The molecule has 0 aliphatic carbocycles. The maximum Gasteiger partial charge on any atom is 0.335 e. The highest BCUT2D eigenvalue weighted by Gasteiger charge is 2.29. The molecule has 1 aliphatic heterocycles. The third-order valence-corrected chi connectivity index (χ3v) is 4.17. The molecule has 0 radical (unpaired) electrons. The minimum Gasteiger partial charge on any atom is -0.478 e. The molecule has 2 heterocycles. The van der Waals surface area contributed by atoms with E-state index in [0.717, 1.165) is 22.4 Å². The number of nitrogens with zero attached hydrogens (tertiary/aromatic N) is 3. The fourth-order valence-electron chi connectivity index (χ4n) is 3.09. The molecular formula is C17H15N5O2. The molecule has 2 aromatic carbocycles. The first-order chi connectivity index (χ1) is 11.6. The van der Waals surface area contributed by atoms with E-state index in [1.54, 1.807) is 18.2 Å². The lowest BCUT2D eigenvalue weighted by atomic mass is 9.95. The van der Waals surface area contributed by atoms with Crippen molar-refractivity contribution >= 4 is 11.7 Å². The summed E-state index contributed by atoms with van der Waals surface area (Å²) in [6.45, 7) is 0. The van der Waals surface area contributed by atoms with Gasteiger partial charge in [0.25, 0.3) is 0 Å². The highest BCUT2D eigenvalue weighted by Crippen LogP contribution is 2.40. The lowest BCUT2D eigenvalue weighted by molar-refractivity contribution is 0.0696. The Morgan fingerprint density at radius 3 is 2.88 bits per heavy atom. The van der Waals surface area contributed by atoms with E-state index in [4.69, 9.17) is 0 Å². The van der Waals surface area contributed by atoms with Crippen LogP contribution in [0.5, 0.6) is 0 Å². The molecule has 3 aromatic rings. The number of anilines is 1. The second-order valence-corrected chi connectivity index (χ2v) is 5.69. The molecule has 1 unspecified atom stereocenters. The monoisotopic (exact) mass is 321 g/mol. The Balaban J connectivity index is 1.80. The first kappa shape index (κ1) is 14.4. The predicted molar refractivity (Wildman–Crippen MR) is 88.4 cm³/mol. The van der Waals surface area contributed by atoms with Crippen molar-refractivity contribution in [1.82, 2.24) is 20.2 Å². The number of hydrogen-bond acceptors (Lipinski definition) is 5. The highest BCUT2D eigenvalue weighted by molar-refractivity contribution is 5.87. The number of hydrazine groups is 1. The van der Waals surface area contributed by atoms with Gasteiger partial charge in [0, 0.05) is 18.2 Å². The van der Waals surface area contributed by atoms with Gasteiger partial charge in [-0.15, -0.1) is 0 Å². The number of aromatic amines is 1. The van der Waals surface area contributed by atoms with E-state index in [0.29, 0.717) is 5.82 Å². The molecule has 4 rings (SSSR count). The first-order valence-corrected chi connectivity index (χ1v) is 7.46. The maximum absolute atomic E-state index is 11.3. The highest BCUT2D eigenvalue weighted by atomic mass is 16.4. The summed E-state index contributed by atoms with van der Waals surface area (Å²) < 4.78 is 0. The number of carboxylic acid groups (broad SMARTS) is 1. The average molecular weight is 321 g/mol. The smallest absolute Gasteiger partial charge is 0.335 e. The van der Waals surface area contributed by atoms with Crippen LogP contribution in [0.1, 0.15) is 27.5 Å². The Bertz CT molecular complexity index is 907. The molecule has 7 heteroatoms. The van der Waals surface area contributed by atoms with Crippen LogP contribution in [-0.4, -0.2) is 38.3 Å². The Kier molecular flexibility index (Phi) is 3.28. The normalized spacial score (nSPS) is 16.6. The molecule has 1 aliphatic rings. The van der Waals surface area contributed by atoms with Crippen LogP contribution in [0.3, 0.4) is 0 Å². The van der Waals surface area contributed by atoms with Crippen LogP contribution in [0.4, 0.5) is 5.69 Å². The molecule has 7 nitrogen and oxygen atoms in total. The van der Waals surface area contributed by atoms with Crippen LogP contribution in [0.25, 0.3) is 11.4 Å². The number of aromatic nitrogens is 3. The SMILES string of the molecule is CN1Nc2ccc(-c3ncn[nH]3)cc2C1c1cccc(C(=O)O)c1. The van der Waals surface area contributed by atoms with Crippen molar-refractivity contribution in [2.75, 3.05) is 12.5 Å². The molecule has 0 saturated heterocycles. The summed E-state index contributed by atoms with van der Waals surface area (Å²) in [7, 11) is 1.94. The fraction of sp³-hybridized carbons (Fsp3) is 0.118. The number of carboxylic acids is 1. The topological polar surface area (TPSA) is 94.1 Å². The number of nitrogens with one attached hydrogen (secondary N) is 2. The van der Waals surface area contributed by atoms with Crippen molar-refractivity contribution in [3.63, 3.8) is 0 Å². The standard InChI is InChI=1S/C17H15N5O2/c1-22-15(10-3-2-4-12(7-10)17(23)24)13-8-11(5-6-14(13)21-22)16-18-9-19-20-16/h2-9,15,21H,1H3,(H,23,24)(H,18,19,20). The number of carbonyl (C=O) groups is 1. The van der Waals surface area contributed by atoms with Gasteiger partial charge in [0.2, 0.25) is 0 Å². The van der Waals surface area contributed by atoms with Crippen molar-refractivity contribution in [3.05, 3.63) is 65.5 Å². The van der Waals surface area contributed by atoms with Gasteiger partial charge in [-0.25, -0.2) is 14.8 Å². The zero-order valence-corrected chi connectivity index (χ0v) is 12.9. The molecule has 0 spiro atoms. The van der Waals surface area contributed by atoms with Gasteiger partial charge in [-0.1, -0.05) is 12.1 Å². The molecule has 0 bridgehead atoms. The largest absolute Gasteiger partial charge is 0.478 e. The molecule has 0 fully saturated rings. The van der Waals surface area contributed by atoms with Crippen molar-refractivity contribution < 1.29 is 9.90 Å². The quantitative estimate of drug-likeness (QED) is 0.686. The fourth-order valence-corrected chi connectivity index (χ4v) is 3.09. The minimum absolute atomic E-state index is 0.0813. The summed E-state index contributed by atoms with van der Waals surface area (Å²) in [4.78, 5) is 15.4. The van der Waals surface area contributed by atoms with Crippen molar-refractivity contribution in [3.8, 4) is 11.4 Å². The van der Waals surface area contributed by atoms with Crippen LogP contribution in [0.15, 0.2) is 48.8 Å². The van der Waals surface area contributed by atoms with Gasteiger partial charge >= 0.3 is 5.97 Å². The van der Waals surface area contributed by atoms with E-state index in [9.17, 15) is 9.90 Å². The van der Waals surface area contributed by atoms with E-state index in [2.05, 4.69) is 20.6 Å². The van der Waals surface area contributed by atoms with E-state index in [1.807, 2.05) is 36.3 Å². The number of fused-ring (bicyclic) bond motifs is 1. The lowest BCUT2D eigenvalue weighted by Gasteiger charge is -2.20. The van der Waals surface area contributed by atoms with Crippen LogP contribution in [-0.2, 0) is 0 Å². The van der Waals surface area contributed by atoms with Crippen LogP contribution in [0.2, 0.25) is 0 Å². The van der Waals surface area contributed by atoms with Gasteiger partial charge in [-0.3, -0.25) is 5.10 Å². The van der Waals surface area contributed by atoms with E-state index >= 15 is 0 Å². The zero-order valence-electron chi connectivity index (χ0n) is 12.9. The van der Waals surface area contributed by atoms with Gasteiger partial charge in [0.05, 0.1) is 17.3 Å². The molecule has 1 atom stereocenters. The Hall–Kier alpha value is -3.19.